The minimum absolute atomic E-state index is 0.152. The number of guanidine groups is 1. The minimum atomic E-state index is -1.58. The molecule has 14 nitrogen and oxygen atoms in total. The number of Topliss-reactive ketones (excluding diaryl/α,β-unsaturated/α-hetero) is 1. The SMILES string of the molecule is CC(C)(C)OC(=O)NC1=NC[C@]2([C@@H](Cl)[C@H](CN=[N+]=[N-])[C@@H](CN=[N+]=[N-])[C@@H]2C(=O)CCl)N1C(=O)OC(C)(C)C. The third-order valence-electron chi connectivity index (χ3n) is 5.86. The highest BCUT2D eigenvalue weighted by Gasteiger charge is 2.68. The van der Waals surface area contributed by atoms with E-state index in [1.807, 2.05) is 0 Å². The van der Waals surface area contributed by atoms with Crippen molar-refractivity contribution in [3.8, 4) is 0 Å². The van der Waals surface area contributed by atoms with Gasteiger partial charge in [0, 0.05) is 28.8 Å². The number of alkyl halides is 2. The molecule has 1 aliphatic heterocycles. The van der Waals surface area contributed by atoms with Crippen LogP contribution < -0.4 is 5.32 Å². The maximum absolute atomic E-state index is 13.6. The summed E-state index contributed by atoms with van der Waals surface area (Å²) in [6.45, 7) is 9.39. The van der Waals surface area contributed by atoms with Crippen LogP contribution in [0.25, 0.3) is 20.9 Å². The summed E-state index contributed by atoms with van der Waals surface area (Å²) in [5, 5.41) is 8.69. The molecule has 1 fully saturated rings. The first-order valence-electron chi connectivity index (χ1n) is 11.4. The van der Waals surface area contributed by atoms with E-state index in [0.29, 0.717) is 0 Å². The van der Waals surface area contributed by atoms with Crippen LogP contribution in [0.3, 0.4) is 0 Å². The number of ether oxygens (including phenoxy) is 2. The van der Waals surface area contributed by atoms with E-state index >= 15 is 0 Å². The lowest BCUT2D eigenvalue weighted by atomic mass is 9.79. The molecule has 0 unspecified atom stereocenters. The monoisotopic (exact) mass is 559 g/mol. The zero-order valence-corrected chi connectivity index (χ0v) is 23.0. The zero-order valence-electron chi connectivity index (χ0n) is 21.5. The Kier molecular flexibility index (Phi) is 9.53. The van der Waals surface area contributed by atoms with Gasteiger partial charge in [-0.25, -0.2) is 19.5 Å². The minimum Gasteiger partial charge on any atom is -0.444 e. The summed E-state index contributed by atoms with van der Waals surface area (Å²) in [7, 11) is 0. The molecule has 0 radical (unpaired) electrons. The van der Waals surface area contributed by atoms with Gasteiger partial charge in [-0.3, -0.25) is 10.1 Å². The van der Waals surface area contributed by atoms with E-state index in [4.69, 9.17) is 43.7 Å². The van der Waals surface area contributed by atoms with Crippen LogP contribution >= 0.6 is 23.2 Å². The van der Waals surface area contributed by atoms with Crippen LogP contribution in [0.15, 0.2) is 15.2 Å². The topological polar surface area (TPSA) is 195 Å². The van der Waals surface area contributed by atoms with Gasteiger partial charge in [-0.05, 0) is 64.4 Å². The van der Waals surface area contributed by atoms with Crippen LogP contribution in [0.2, 0.25) is 0 Å². The lowest BCUT2D eigenvalue weighted by Crippen LogP contribution is -2.64. The Hall–Kier alpha value is -2.92. The molecule has 0 aromatic rings. The zero-order chi connectivity index (χ0) is 28.2. The van der Waals surface area contributed by atoms with Crippen LogP contribution in [0.1, 0.15) is 41.5 Å². The quantitative estimate of drug-likeness (QED) is 0.211. The number of alkyl carbamates (subject to hydrolysis) is 1. The van der Waals surface area contributed by atoms with Gasteiger partial charge in [0.05, 0.1) is 17.8 Å². The average Bonchev–Trinajstić information content (AvgIpc) is 3.23. The molecule has 2 rings (SSSR count). The van der Waals surface area contributed by atoms with Gasteiger partial charge in [0.1, 0.15) is 16.7 Å². The molecule has 0 aromatic carbocycles. The van der Waals surface area contributed by atoms with Gasteiger partial charge in [0.25, 0.3) is 0 Å². The Balaban J connectivity index is 2.69. The second-order valence-corrected chi connectivity index (χ2v) is 11.4. The Morgan fingerprint density at radius 3 is 2.11 bits per heavy atom. The number of nitrogens with one attached hydrogen (secondary N) is 1. The molecule has 1 N–H and O–H groups in total. The van der Waals surface area contributed by atoms with Crippen LogP contribution in [0.4, 0.5) is 9.59 Å². The van der Waals surface area contributed by atoms with Gasteiger partial charge in [0.2, 0.25) is 5.96 Å². The molecule has 2 aliphatic rings. The number of carbonyl (C=O) groups excluding carboxylic acids is 3. The third kappa shape index (κ3) is 6.70. The molecule has 0 aromatic heterocycles. The molecule has 2 amide bonds. The highest BCUT2D eigenvalue weighted by molar-refractivity contribution is 6.29. The summed E-state index contributed by atoms with van der Waals surface area (Å²) >= 11 is 13.0. The first-order valence-corrected chi connectivity index (χ1v) is 12.4. The fourth-order valence-electron chi connectivity index (χ4n) is 4.75. The molecular formula is C21H31Cl2N9O5. The summed E-state index contributed by atoms with van der Waals surface area (Å²) in [6, 6.07) is 0. The van der Waals surface area contributed by atoms with E-state index in [-0.39, 0.29) is 25.6 Å². The predicted octanol–water partition coefficient (Wildman–Crippen LogP) is 4.75. The molecule has 0 saturated heterocycles. The maximum atomic E-state index is 13.6. The van der Waals surface area contributed by atoms with Gasteiger partial charge < -0.3 is 9.47 Å². The Morgan fingerprint density at radius 1 is 1.08 bits per heavy atom. The van der Waals surface area contributed by atoms with E-state index in [0.717, 1.165) is 4.90 Å². The van der Waals surface area contributed by atoms with Crippen molar-refractivity contribution in [3.63, 3.8) is 0 Å². The fraction of sp³-hybridized carbons (Fsp3) is 0.810. The lowest BCUT2D eigenvalue weighted by molar-refractivity contribution is -0.124. The molecular weight excluding hydrogens is 529 g/mol. The summed E-state index contributed by atoms with van der Waals surface area (Å²) in [5.74, 6) is -3.71. The van der Waals surface area contributed by atoms with Gasteiger partial charge >= 0.3 is 12.2 Å². The van der Waals surface area contributed by atoms with Crippen molar-refractivity contribution in [1.82, 2.24) is 10.2 Å². The van der Waals surface area contributed by atoms with Crippen molar-refractivity contribution in [2.75, 3.05) is 25.5 Å². The van der Waals surface area contributed by atoms with Crippen molar-refractivity contribution >= 4 is 47.1 Å². The highest BCUT2D eigenvalue weighted by atomic mass is 35.5. The van der Waals surface area contributed by atoms with Crippen molar-refractivity contribution in [2.24, 2.45) is 33.0 Å². The number of ketones is 1. The normalized spacial score (nSPS) is 27.1. The summed E-state index contributed by atoms with van der Waals surface area (Å²) < 4.78 is 10.9. The van der Waals surface area contributed by atoms with E-state index < -0.39 is 63.7 Å². The van der Waals surface area contributed by atoms with E-state index in [1.165, 1.54) is 0 Å². The number of nitrogens with zero attached hydrogens (tertiary/aromatic N) is 8. The lowest BCUT2D eigenvalue weighted by Gasteiger charge is -2.42. The molecule has 1 aliphatic carbocycles. The van der Waals surface area contributed by atoms with Crippen LogP contribution in [-0.2, 0) is 14.3 Å². The van der Waals surface area contributed by atoms with Crippen molar-refractivity contribution in [1.29, 1.82) is 0 Å². The first-order chi connectivity index (χ1) is 17.1. The molecule has 1 spiro atoms. The van der Waals surface area contributed by atoms with Crippen LogP contribution in [-0.4, -0.2) is 76.5 Å². The van der Waals surface area contributed by atoms with Gasteiger partial charge in [-0.15, -0.1) is 23.2 Å². The number of carbonyl (C=O) groups is 3. The standard InChI is InChI=1S/C21H31Cl2N9O5/c1-19(2,3)36-17(34)29-16-26-10-21(32(16)18(35)37-20(4,5)6)14(13(33)7-22)11(8-27-30-24)12(15(21)23)9-28-31-25/h11-12,14-15H,7-10H2,1-6H3,(H,26,29,34)/t11-,12-,14-,15+,21+/m1/s1. The highest BCUT2D eigenvalue weighted by Crippen LogP contribution is 2.53. The summed E-state index contributed by atoms with van der Waals surface area (Å²) in [6.07, 6.45) is -1.82. The Morgan fingerprint density at radius 2 is 1.62 bits per heavy atom. The fourth-order valence-corrected chi connectivity index (χ4v) is 5.49. The third-order valence-corrected chi connectivity index (χ3v) is 6.82. The summed E-state index contributed by atoms with van der Waals surface area (Å²) in [5.41, 5.74) is 14.5. The number of amides is 2. The number of hydrogen-bond donors (Lipinski definition) is 1. The summed E-state index contributed by atoms with van der Waals surface area (Å²) in [4.78, 5) is 50.5. The van der Waals surface area contributed by atoms with Crippen molar-refractivity contribution < 1.29 is 23.9 Å². The molecule has 1 heterocycles. The van der Waals surface area contributed by atoms with Crippen LogP contribution in [0.5, 0.6) is 0 Å². The number of aliphatic imine (C=N–C) groups is 1. The van der Waals surface area contributed by atoms with E-state index in [9.17, 15) is 14.4 Å². The van der Waals surface area contributed by atoms with Gasteiger partial charge in [-0.1, -0.05) is 10.2 Å². The first kappa shape index (κ1) is 30.3. The predicted molar refractivity (Wildman–Crippen MR) is 136 cm³/mol. The molecule has 0 bridgehead atoms. The van der Waals surface area contributed by atoms with E-state index in [2.05, 4.69) is 30.4 Å². The number of rotatable bonds is 6. The average molecular weight is 560 g/mol. The molecule has 16 heteroatoms. The number of azide groups is 2. The van der Waals surface area contributed by atoms with Gasteiger partial charge in [-0.2, -0.15) is 0 Å². The molecule has 204 valence electrons. The van der Waals surface area contributed by atoms with Crippen LogP contribution in [0, 0.1) is 17.8 Å². The Bertz CT molecular complexity index is 1040. The number of hydrogen-bond acceptors (Lipinski definition) is 8. The smallest absolute Gasteiger partial charge is 0.417 e. The number of halogens is 2. The molecule has 37 heavy (non-hydrogen) atoms. The van der Waals surface area contributed by atoms with Crippen molar-refractivity contribution in [2.45, 2.75) is 63.7 Å². The second kappa shape index (κ2) is 11.6. The molecule has 5 atom stereocenters. The maximum Gasteiger partial charge on any atom is 0.417 e. The van der Waals surface area contributed by atoms with Crippen molar-refractivity contribution in [3.05, 3.63) is 20.9 Å². The second-order valence-electron chi connectivity index (χ2n) is 10.7. The largest absolute Gasteiger partial charge is 0.444 e. The van der Waals surface area contributed by atoms with Gasteiger partial charge in [0.15, 0.2) is 5.78 Å². The Labute approximate surface area is 224 Å². The van der Waals surface area contributed by atoms with E-state index in [1.54, 1.807) is 41.5 Å². The molecule has 1 saturated carbocycles.